The van der Waals surface area contributed by atoms with Gasteiger partial charge in [0, 0.05) is 6.54 Å². The number of ether oxygens (including phenoxy) is 2. The van der Waals surface area contributed by atoms with Gasteiger partial charge in [-0.1, -0.05) is 19.1 Å². The Kier molecular flexibility index (Phi) is 5.67. The van der Waals surface area contributed by atoms with Crippen LogP contribution >= 0.6 is 0 Å². The predicted molar refractivity (Wildman–Crippen MR) is 77.7 cm³/mol. The van der Waals surface area contributed by atoms with Crippen LogP contribution in [0.3, 0.4) is 0 Å². The maximum Gasteiger partial charge on any atom is 0.119 e. The standard InChI is InChI=1S/C16H25NO2/c1-3-9-17-11-15-7-8-16(19-15)12-18-14-6-4-5-13(2)10-14/h4-6,10,15-17H,3,7-9,11-12H2,1-2H3. The molecule has 1 aromatic rings. The second kappa shape index (κ2) is 7.51. The topological polar surface area (TPSA) is 30.5 Å². The highest BCUT2D eigenvalue weighted by Crippen LogP contribution is 2.21. The molecule has 0 amide bonds. The predicted octanol–water partition coefficient (Wildman–Crippen LogP) is 2.92. The van der Waals surface area contributed by atoms with Crippen LogP contribution in [0.25, 0.3) is 0 Å². The third-order valence-electron chi connectivity index (χ3n) is 3.42. The van der Waals surface area contributed by atoms with Crippen LogP contribution in [0.15, 0.2) is 24.3 Å². The molecular weight excluding hydrogens is 238 g/mol. The summed E-state index contributed by atoms with van der Waals surface area (Å²) in [6.45, 7) is 6.96. The number of rotatable bonds is 7. The highest BCUT2D eigenvalue weighted by Gasteiger charge is 2.25. The zero-order valence-corrected chi connectivity index (χ0v) is 12.0. The van der Waals surface area contributed by atoms with Crippen molar-refractivity contribution >= 4 is 0 Å². The molecule has 0 saturated carbocycles. The van der Waals surface area contributed by atoms with Crippen molar-refractivity contribution in [2.75, 3.05) is 19.7 Å². The van der Waals surface area contributed by atoms with Gasteiger partial charge in [-0.3, -0.25) is 0 Å². The zero-order chi connectivity index (χ0) is 13.5. The van der Waals surface area contributed by atoms with Crippen LogP contribution in [0, 0.1) is 6.92 Å². The molecule has 0 bridgehead atoms. The largest absolute Gasteiger partial charge is 0.491 e. The lowest BCUT2D eigenvalue weighted by molar-refractivity contribution is 0.0186. The van der Waals surface area contributed by atoms with Crippen LogP contribution in [-0.4, -0.2) is 31.9 Å². The van der Waals surface area contributed by atoms with Gasteiger partial charge in [-0.25, -0.2) is 0 Å². The number of nitrogens with one attached hydrogen (secondary N) is 1. The summed E-state index contributed by atoms with van der Waals surface area (Å²) in [5.41, 5.74) is 1.23. The van der Waals surface area contributed by atoms with Gasteiger partial charge >= 0.3 is 0 Å². The molecule has 1 aliphatic rings. The summed E-state index contributed by atoms with van der Waals surface area (Å²) in [6, 6.07) is 8.17. The van der Waals surface area contributed by atoms with Gasteiger partial charge in [0.15, 0.2) is 0 Å². The summed E-state index contributed by atoms with van der Waals surface area (Å²) in [5.74, 6) is 0.941. The lowest BCUT2D eigenvalue weighted by atomic mass is 10.2. The van der Waals surface area contributed by atoms with Crippen LogP contribution in [-0.2, 0) is 4.74 Å². The molecule has 2 unspecified atom stereocenters. The summed E-state index contributed by atoms with van der Waals surface area (Å²) < 4.78 is 11.8. The molecule has 106 valence electrons. The molecule has 0 spiro atoms. The van der Waals surface area contributed by atoms with E-state index in [9.17, 15) is 0 Å². The van der Waals surface area contributed by atoms with Crippen LogP contribution in [0.4, 0.5) is 0 Å². The minimum Gasteiger partial charge on any atom is -0.491 e. The van der Waals surface area contributed by atoms with Crippen molar-refractivity contribution in [3.05, 3.63) is 29.8 Å². The SMILES string of the molecule is CCCNCC1CCC(COc2cccc(C)c2)O1. The van der Waals surface area contributed by atoms with Crippen molar-refractivity contribution in [2.24, 2.45) is 0 Å². The Bertz CT molecular complexity index is 381. The zero-order valence-electron chi connectivity index (χ0n) is 12.0. The molecule has 1 heterocycles. The first-order valence-corrected chi connectivity index (χ1v) is 7.33. The smallest absolute Gasteiger partial charge is 0.119 e. The van der Waals surface area contributed by atoms with Crippen molar-refractivity contribution in [1.29, 1.82) is 0 Å². The third-order valence-corrected chi connectivity index (χ3v) is 3.42. The first kappa shape index (κ1) is 14.4. The van der Waals surface area contributed by atoms with E-state index in [1.165, 1.54) is 12.0 Å². The Morgan fingerprint density at radius 3 is 2.95 bits per heavy atom. The Balaban J connectivity index is 1.67. The van der Waals surface area contributed by atoms with Crippen molar-refractivity contribution in [3.63, 3.8) is 0 Å². The van der Waals surface area contributed by atoms with Crippen molar-refractivity contribution in [2.45, 2.75) is 45.3 Å². The normalized spacial score (nSPS) is 22.6. The number of hydrogen-bond acceptors (Lipinski definition) is 3. The van der Waals surface area contributed by atoms with Crippen molar-refractivity contribution in [3.8, 4) is 5.75 Å². The Labute approximate surface area is 116 Å². The molecule has 2 rings (SSSR count). The summed E-state index contributed by atoms with van der Waals surface area (Å²) in [6.07, 6.45) is 4.02. The van der Waals surface area contributed by atoms with Gasteiger partial charge in [0.2, 0.25) is 0 Å². The molecule has 1 aliphatic heterocycles. The molecule has 1 N–H and O–H groups in total. The molecule has 19 heavy (non-hydrogen) atoms. The fourth-order valence-corrected chi connectivity index (χ4v) is 2.39. The number of benzene rings is 1. The van der Waals surface area contributed by atoms with E-state index in [1.807, 2.05) is 12.1 Å². The molecule has 3 heteroatoms. The molecule has 1 aromatic carbocycles. The maximum atomic E-state index is 5.97. The minimum absolute atomic E-state index is 0.244. The molecule has 0 radical (unpaired) electrons. The van der Waals surface area contributed by atoms with E-state index in [0.717, 1.165) is 31.7 Å². The summed E-state index contributed by atoms with van der Waals surface area (Å²) >= 11 is 0. The van der Waals surface area contributed by atoms with Gasteiger partial charge in [-0.15, -0.1) is 0 Å². The van der Waals surface area contributed by atoms with E-state index in [-0.39, 0.29) is 6.10 Å². The first-order valence-electron chi connectivity index (χ1n) is 7.33. The average Bonchev–Trinajstić information content (AvgIpc) is 2.85. The Morgan fingerprint density at radius 1 is 1.32 bits per heavy atom. The summed E-state index contributed by atoms with van der Waals surface area (Å²) in [5, 5.41) is 3.41. The lowest BCUT2D eigenvalue weighted by Crippen LogP contribution is -2.28. The molecular formula is C16H25NO2. The van der Waals surface area contributed by atoms with E-state index in [1.54, 1.807) is 0 Å². The fraction of sp³-hybridized carbons (Fsp3) is 0.625. The van der Waals surface area contributed by atoms with Gasteiger partial charge in [0.05, 0.1) is 12.2 Å². The second-order valence-corrected chi connectivity index (χ2v) is 5.29. The first-order chi connectivity index (χ1) is 9.28. The van der Waals surface area contributed by atoms with Gasteiger partial charge in [-0.05, 0) is 50.4 Å². The van der Waals surface area contributed by atoms with Gasteiger partial charge in [0.1, 0.15) is 12.4 Å². The molecule has 3 nitrogen and oxygen atoms in total. The van der Waals surface area contributed by atoms with Crippen LogP contribution in [0.5, 0.6) is 5.75 Å². The van der Waals surface area contributed by atoms with Crippen molar-refractivity contribution < 1.29 is 9.47 Å². The highest BCUT2D eigenvalue weighted by molar-refractivity contribution is 5.27. The molecule has 0 aromatic heterocycles. The van der Waals surface area contributed by atoms with Crippen LogP contribution in [0.1, 0.15) is 31.7 Å². The average molecular weight is 263 g/mol. The van der Waals surface area contributed by atoms with Crippen LogP contribution < -0.4 is 10.1 Å². The molecule has 1 saturated heterocycles. The van der Waals surface area contributed by atoms with Gasteiger partial charge in [0.25, 0.3) is 0 Å². The monoisotopic (exact) mass is 263 g/mol. The molecule has 1 fully saturated rings. The maximum absolute atomic E-state index is 5.97. The second-order valence-electron chi connectivity index (χ2n) is 5.29. The van der Waals surface area contributed by atoms with Crippen LogP contribution in [0.2, 0.25) is 0 Å². The van der Waals surface area contributed by atoms with E-state index in [4.69, 9.17) is 9.47 Å². The highest BCUT2D eigenvalue weighted by atomic mass is 16.5. The summed E-state index contributed by atoms with van der Waals surface area (Å²) in [7, 11) is 0. The fourth-order valence-electron chi connectivity index (χ4n) is 2.39. The lowest BCUT2D eigenvalue weighted by Gasteiger charge is -2.15. The van der Waals surface area contributed by atoms with Crippen molar-refractivity contribution in [1.82, 2.24) is 5.32 Å². The number of hydrogen-bond donors (Lipinski definition) is 1. The van der Waals surface area contributed by atoms with E-state index < -0.39 is 0 Å². The third kappa shape index (κ3) is 4.84. The Hall–Kier alpha value is -1.06. The number of aryl methyl sites for hydroxylation is 1. The molecule has 2 atom stereocenters. The van der Waals surface area contributed by atoms with Gasteiger partial charge in [-0.2, -0.15) is 0 Å². The van der Waals surface area contributed by atoms with Gasteiger partial charge < -0.3 is 14.8 Å². The van der Waals surface area contributed by atoms with E-state index in [0.29, 0.717) is 12.7 Å². The summed E-state index contributed by atoms with van der Waals surface area (Å²) in [4.78, 5) is 0. The minimum atomic E-state index is 0.244. The quantitative estimate of drug-likeness (QED) is 0.767. The van der Waals surface area contributed by atoms with E-state index in [2.05, 4.69) is 31.3 Å². The Morgan fingerprint density at radius 2 is 2.16 bits per heavy atom. The molecule has 0 aliphatic carbocycles. The van der Waals surface area contributed by atoms with E-state index >= 15 is 0 Å².